The molecule has 0 unspecified atom stereocenters. The van der Waals surface area contributed by atoms with Gasteiger partial charge in [0.25, 0.3) is 5.91 Å². The number of sulfonamides is 1. The molecule has 0 spiro atoms. The fourth-order valence-corrected chi connectivity index (χ4v) is 5.30. The Morgan fingerprint density at radius 1 is 1.21 bits per heavy atom. The van der Waals surface area contributed by atoms with Gasteiger partial charge in [0.05, 0.1) is 22.7 Å². The lowest BCUT2D eigenvalue weighted by molar-refractivity contribution is 0.0994. The normalized spacial score (nSPS) is 15.9. The molecule has 0 aliphatic carbocycles. The summed E-state index contributed by atoms with van der Waals surface area (Å²) in [4.78, 5) is 24.8. The summed E-state index contributed by atoms with van der Waals surface area (Å²) in [5, 5.41) is 0. The molecule has 9 nitrogen and oxygen atoms in total. The maximum absolute atomic E-state index is 13.9. The average Bonchev–Trinajstić information content (AvgIpc) is 3.08. The molecule has 0 bridgehead atoms. The Morgan fingerprint density at radius 3 is 2.82 bits per heavy atom. The first-order chi connectivity index (χ1) is 15.8. The predicted octanol–water partition coefficient (Wildman–Crippen LogP) is 3.20. The molecule has 1 N–H and O–H groups in total. The summed E-state index contributed by atoms with van der Waals surface area (Å²) in [6, 6.07) is 9.51. The number of benzene rings is 1. The highest BCUT2D eigenvalue weighted by atomic mass is 32.2. The Hall–Kier alpha value is -3.73. The molecule has 11 heteroatoms. The van der Waals surface area contributed by atoms with Gasteiger partial charge in [-0.3, -0.25) is 9.52 Å². The van der Waals surface area contributed by atoms with Crippen LogP contribution in [0, 0.1) is 5.95 Å². The molecular formula is C22H20FN5O4S. The Morgan fingerprint density at radius 2 is 2.03 bits per heavy atom. The average molecular weight is 469 g/mol. The molecule has 33 heavy (non-hydrogen) atoms. The monoisotopic (exact) mass is 469 g/mol. The van der Waals surface area contributed by atoms with Crippen molar-refractivity contribution < 1.29 is 22.3 Å². The third-order valence-electron chi connectivity index (χ3n) is 5.59. The smallest absolute Gasteiger partial charge is 0.261 e. The molecule has 0 radical (unpaired) electrons. The SMILES string of the molecule is CCN1c2ncc(COc3cccc4c3CS(=O)(=O)N4)cc2C(=O)N(C)c2ccc(F)nc21. The maximum Gasteiger partial charge on any atom is 0.261 e. The molecule has 0 atom stereocenters. The summed E-state index contributed by atoms with van der Waals surface area (Å²) in [6.45, 7) is 2.38. The number of nitrogens with zero attached hydrogens (tertiary/aromatic N) is 4. The van der Waals surface area contributed by atoms with Crippen molar-refractivity contribution in [3.8, 4) is 5.75 Å². The van der Waals surface area contributed by atoms with Crippen LogP contribution in [0.4, 0.5) is 27.4 Å². The van der Waals surface area contributed by atoms with E-state index in [4.69, 9.17) is 4.74 Å². The molecule has 0 saturated heterocycles. The van der Waals surface area contributed by atoms with E-state index in [0.29, 0.717) is 52.0 Å². The van der Waals surface area contributed by atoms with Gasteiger partial charge < -0.3 is 14.5 Å². The molecule has 0 fully saturated rings. The van der Waals surface area contributed by atoms with Crippen LogP contribution in [0.5, 0.6) is 5.75 Å². The zero-order chi connectivity index (χ0) is 23.3. The van der Waals surface area contributed by atoms with Crippen LogP contribution >= 0.6 is 0 Å². The lowest BCUT2D eigenvalue weighted by atomic mass is 10.1. The standard InChI is InChI=1S/C22H20FN5O4S/c1-3-28-20-14(22(29)27(2)17-7-8-19(23)25-21(17)28)9-13(10-24-20)11-32-18-6-4-5-16-15(18)12-33(30,31)26-16/h4-10,26H,3,11-12H2,1-2H3. The first-order valence-corrected chi connectivity index (χ1v) is 11.9. The molecular weight excluding hydrogens is 449 g/mol. The Balaban J connectivity index is 1.48. The molecule has 4 heterocycles. The zero-order valence-electron chi connectivity index (χ0n) is 17.9. The van der Waals surface area contributed by atoms with E-state index in [9.17, 15) is 17.6 Å². The van der Waals surface area contributed by atoms with Crippen LogP contribution in [0.1, 0.15) is 28.4 Å². The van der Waals surface area contributed by atoms with Gasteiger partial charge in [0.1, 0.15) is 18.2 Å². The van der Waals surface area contributed by atoms with Gasteiger partial charge >= 0.3 is 0 Å². The first-order valence-electron chi connectivity index (χ1n) is 10.2. The van der Waals surface area contributed by atoms with E-state index in [1.807, 2.05) is 6.92 Å². The van der Waals surface area contributed by atoms with Crippen LogP contribution < -0.4 is 19.3 Å². The summed E-state index contributed by atoms with van der Waals surface area (Å²) in [5.41, 5.74) is 2.51. The number of fused-ring (bicyclic) bond motifs is 3. The number of aromatic nitrogens is 2. The van der Waals surface area contributed by atoms with Gasteiger partial charge in [-0.15, -0.1) is 0 Å². The predicted molar refractivity (Wildman–Crippen MR) is 121 cm³/mol. The van der Waals surface area contributed by atoms with Gasteiger partial charge in [0.15, 0.2) is 5.82 Å². The molecule has 1 aromatic carbocycles. The van der Waals surface area contributed by atoms with Crippen LogP contribution in [0.25, 0.3) is 0 Å². The minimum Gasteiger partial charge on any atom is -0.488 e. The zero-order valence-corrected chi connectivity index (χ0v) is 18.7. The number of rotatable bonds is 4. The molecule has 1 amide bonds. The molecule has 5 rings (SSSR count). The second kappa shape index (κ2) is 7.69. The largest absolute Gasteiger partial charge is 0.488 e. The van der Waals surface area contributed by atoms with E-state index >= 15 is 0 Å². The van der Waals surface area contributed by atoms with Crippen LogP contribution in [0.2, 0.25) is 0 Å². The highest BCUT2D eigenvalue weighted by Crippen LogP contribution is 2.38. The number of carbonyl (C=O) groups is 1. The quantitative estimate of drug-likeness (QED) is 0.585. The number of ether oxygens (including phenoxy) is 1. The van der Waals surface area contributed by atoms with Crippen LogP contribution in [0.15, 0.2) is 42.6 Å². The number of halogens is 1. The number of hydrogen-bond donors (Lipinski definition) is 1. The third-order valence-corrected chi connectivity index (χ3v) is 6.79. The maximum atomic E-state index is 13.9. The molecule has 0 saturated carbocycles. The van der Waals surface area contributed by atoms with Crippen molar-refractivity contribution in [2.45, 2.75) is 19.3 Å². The van der Waals surface area contributed by atoms with Crippen LogP contribution in [-0.4, -0.2) is 37.9 Å². The van der Waals surface area contributed by atoms with E-state index in [1.165, 1.54) is 17.0 Å². The number of pyridine rings is 2. The second-order valence-corrected chi connectivity index (χ2v) is 9.45. The van der Waals surface area contributed by atoms with Crippen molar-refractivity contribution in [1.29, 1.82) is 0 Å². The Bertz CT molecular complexity index is 1400. The van der Waals surface area contributed by atoms with Gasteiger partial charge in [-0.2, -0.15) is 9.37 Å². The van der Waals surface area contributed by atoms with E-state index in [1.54, 1.807) is 42.4 Å². The first kappa shape index (κ1) is 21.1. The summed E-state index contributed by atoms with van der Waals surface area (Å²) in [5.74, 6) is 0.0383. The fraction of sp³-hybridized carbons (Fsp3) is 0.227. The van der Waals surface area contributed by atoms with Gasteiger partial charge in [-0.1, -0.05) is 6.07 Å². The number of hydrogen-bond acceptors (Lipinski definition) is 7. The molecule has 2 aliphatic rings. The summed E-state index contributed by atoms with van der Waals surface area (Å²) in [6.07, 6.45) is 1.58. The third kappa shape index (κ3) is 3.63. The Kier molecular flexibility index (Phi) is 4.93. The van der Waals surface area contributed by atoms with Gasteiger partial charge in [-0.05, 0) is 37.3 Å². The number of amides is 1. The molecule has 3 aromatic rings. The molecule has 2 aromatic heterocycles. The van der Waals surface area contributed by atoms with Crippen LogP contribution in [0.3, 0.4) is 0 Å². The summed E-state index contributed by atoms with van der Waals surface area (Å²) < 4.78 is 46.1. The van der Waals surface area contributed by atoms with Crippen molar-refractivity contribution in [3.05, 3.63) is 65.2 Å². The fourth-order valence-electron chi connectivity index (χ4n) is 4.02. The van der Waals surface area contributed by atoms with Crippen molar-refractivity contribution in [1.82, 2.24) is 9.97 Å². The van der Waals surface area contributed by atoms with Gasteiger partial charge in [0.2, 0.25) is 16.0 Å². The lowest BCUT2D eigenvalue weighted by Crippen LogP contribution is -2.25. The van der Waals surface area contributed by atoms with Crippen molar-refractivity contribution in [2.24, 2.45) is 0 Å². The van der Waals surface area contributed by atoms with Gasteiger partial charge in [-0.25, -0.2) is 13.4 Å². The summed E-state index contributed by atoms with van der Waals surface area (Å²) >= 11 is 0. The van der Waals surface area contributed by atoms with E-state index in [2.05, 4.69) is 14.7 Å². The van der Waals surface area contributed by atoms with Crippen molar-refractivity contribution in [3.63, 3.8) is 0 Å². The van der Waals surface area contributed by atoms with Gasteiger partial charge in [0, 0.05) is 30.9 Å². The molecule has 2 aliphatic heterocycles. The number of anilines is 4. The number of nitrogens with one attached hydrogen (secondary N) is 1. The number of carbonyl (C=O) groups excluding carboxylic acids is 1. The van der Waals surface area contributed by atoms with E-state index in [0.717, 1.165) is 0 Å². The van der Waals surface area contributed by atoms with E-state index < -0.39 is 16.0 Å². The molecule has 170 valence electrons. The lowest BCUT2D eigenvalue weighted by Gasteiger charge is -2.22. The van der Waals surface area contributed by atoms with Crippen molar-refractivity contribution in [2.75, 3.05) is 28.1 Å². The second-order valence-electron chi connectivity index (χ2n) is 7.73. The van der Waals surface area contributed by atoms with Crippen LogP contribution in [-0.2, 0) is 22.4 Å². The summed E-state index contributed by atoms with van der Waals surface area (Å²) in [7, 11) is -1.80. The Labute approximate surface area is 189 Å². The highest BCUT2D eigenvalue weighted by Gasteiger charge is 2.31. The minimum atomic E-state index is -3.41. The van der Waals surface area contributed by atoms with Crippen molar-refractivity contribution >= 4 is 38.9 Å². The highest BCUT2D eigenvalue weighted by molar-refractivity contribution is 7.92. The topological polar surface area (TPSA) is 105 Å². The minimum absolute atomic E-state index is 0.0831. The van der Waals surface area contributed by atoms with E-state index in [-0.39, 0.29) is 18.3 Å².